The minimum atomic E-state index is -0.441. The Kier molecular flexibility index (Phi) is 3.43. The molecular formula is C13H12N2O3. The van der Waals surface area contributed by atoms with Gasteiger partial charge < -0.3 is 10.1 Å². The van der Waals surface area contributed by atoms with Gasteiger partial charge in [0.2, 0.25) is 0 Å². The van der Waals surface area contributed by atoms with Gasteiger partial charge in [-0.25, -0.2) is 0 Å². The van der Waals surface area contributed by atoms with E-state index in [0.29, 0.717) is 17.2 Å². The molecule has 0 heterocycles. The van der Waals surface area contributed by atoms with Crippen LogP contribution in [-0.2, 0) is 0 Å². The number of nitro benzene ring substituents is 1. The molecule has 18 heavy (non-hydrogen) atoms. The lowest BCUT2D eigenvalue weighted by Gasteiger charge is -2.07. The predicted octanol–water partition coefficient (Wildman–Crippen LogP) is 3.43. The summed E-state index contributed by atoms with van der Waals surface area (Å²) < 4.78 is 5.54. The molecule has 0 unspecified atom stereocenters. The fraction of sp³-hybridized carbons (Fsp3) is 0.0769. The van der Waals surface area contributed by atoms with Crippen LogP contribution in [0, 0.1) is 10.1 Å². The summed E-state index contributed by atoms with van der Waals surface area (Å²) in [5.74, 6) is 1.08. The van der Waals surface area contributed by atoms with Crippen molar-refractivity contribution in [3.63, 3.8) is 0 Å². The van der Waals surface area contributed by atoms with E-state index in [1.807, 2.05) is 18.2 Å². The number of anilines is 1. The molecule has 0 atom stereocenters. The smallest absolute Gasteiger partial charge is 0.296 e. The molecule has 5 heteroatoms. The number of hydrogen-bond acceptors (Lipinski definition) is 4. The Hall–Kier alpha value is -2.56. The lowest BCUT2D eigenvalue weighted by molar-refractivity contribution is -0.384. The fourth-order valence-corrected chi connectivity index (χ4v) is 1.56. The van der Waals surface area contributed by atoms with Crippen LogP contribution >= 0.6 is 0 Å². The van der Waals surface area contributed by atoms with Crippen molar-refractivity contribution >= 4 is 11.4 Å². The maximum absolute atomic E-state index is 10.9. The maximum Gasteiger partial charge on any atom is 0.296 e. The molecule has 0 aromatic heterocycles. The fourth-order valence-electron chi connectivity index (χ4n) is 1.56. The lowest BCUT2D eigenvalue weighted by Crippen LogP contribution is -1.96. The molecule has 0 aliphatic heterocycles. The molecule has 0 aliphatic carbocycles. The predicted molar refractivity (Wildman–Crippen MR) is 69.2 cm³/mol. The van der Waals surface area contributed by atoms with Gasteiger partial charge in [0.25, 0.3) is 5.69 Å². The topological polar surface area (TPSA) is 64.4 Å². The number of benzene rings is 2. The number of nitrogens with one attached hydrogen (secondary N) is 1. The SMILES string of the molecule is CNc1ccc(Oc2ccccc2)cc1[N+](=O)[O-]. The number of nitro groups is 1. The first-order valence-electron chi connectivity index (χ1n) is 5.40. The van der Waals surface area contributed by atoms with Crippen LogP contribution in [0.15, 0.2) is 48.5 Å². The molecule has 0 fully saturated rings. The molecule has 0 saturated carbocycles. The van der Waals surface area contributed by atoms with Crippen molar-refractivity contribution in [3.8, 4) is 11.5 Å². The molecule has 0 bridgehead atoms. The highest BCUT2D eigenvalue weighted by Crippen LogP contribution is 2.31. The van der Waals surface area contributed by atoms with E-state index in [-0.39, 0.29) is 5.69 Å². The summed E-state index contributed by atoms with van der Waals surface area (Å²) in [5, 5.41) is 13.7. The lowest BCUT2D eigenvalue weighted by atomic mass is 10.2. The molecule has 92 valence electrons. The van der Waals surface area contributed by atoms with E-state index >= 15 is 0 Å². The van der Waals surface area contributed by atoms with Gasteiger partial charge >= 0.3 is 0 Å². The van der Waals surface area contributed by atoms with Crippen molar-refractivity contribution in [2.45, 2.75) is 0 Å². The monoisotopic (exact) mass is 244 g/mol. The van der Waals surface area contributed by atoms with E-state index in [9.17, 15) is 10.1 Å². The number of para-hydroxylation sites is 1. The summed E-state index contributed by atoms with van der Waals surface area (Å²) in [6.07, 6.45) is 0. The first-order valence-corrected chi connectivity index (χ1v) is 5.40. The van der Waals surface area contributed by atoms with Crippen LogP contribution in [-0.4, -0.2) is 12.0 Å². The van der Waals surface area contributed by atoms with Gasteiger partial charge in [-0.2, -0.15) is 0 Å². The van der Waals surface area contributed by atoms with Crippen LogP contribution in [0.5, 0.6) is 11.5 Å². The summed E-state index contributed by atoms with van der Waals surface area (Å²) in [4.78, 5) is 10.5. The third-order valence-corrected chi connectivity index (χ3v) is 2.41. The van der Waals surface area contributed by atoms with E-state index in [1.54, 1.807) is 31.3 Å². The molecule has 5 nitrogen and oxygen atoms in total. The number of rotatable bonds is 4. The van der Waals surface area contributed by atoms with Crippen LogP contribution in [0.25, 0.3) is 0 Å². The van der Waals surface area contributed by atoms with E-state index < -0.39 is 4.92 Å². The van der Waals surface area contributed by atoms with E-state index in [2.05, 4.69) is 5.32 Å². The zero-order chi connectivity index (χ0) is 13.0. The van der Waals surface area contributed by atoms with Crippen LogP contribution < -0.4 is 10.1 Å². The minimum Gasteiger partial charge on any atom is -0.457 e. The van der Waals surface area contributed by atoms with Gasteiger partial charge in [-0.05, 0) is 24.3 Å². The Morgan fingerprint density at radius 3 is 2.44 bits per heavy atom. The molecular weight excluding hydrogens is 232 g/mol. The second kappa shape index (κ2) is 5.18. The molecule has 0 spiro atoms. The van der Waals surface area contributed by atoms with Crippen molar-refractivity contribution in [1.29, 1.82) is 0 Å². The second-order valence-corrected chi connectivity index (χ2v) is 3.60. The van der Waals surface area contributed by atoms with Crippen LogP contribution in [0.1, 0.15) is 0 Å². The Morgan fingerprint density at radius 1 is 1.11 bits per heavy atom. The van der Waals surface area contributed by atoms with Crippen LogP contribution in [0.2, 0.25) is 0 Å². The zero-order valence-corrected chi connectivity index (χ0v) is 9.79. The maximum atomic E-state index is 10.9. The highest BCUT2D eigenvalue weighted by Gasteiger charge is 2.14. The van der Waals surface area contributed by atoms with Crippen molar-refractivity contribution in [1.82, 2.24) is 0 Å². The average Bonchev–Trinajstić information content (AvgIpc) is 2.40. The standard InChI is InChI=1S/C13H12N2O3/c1-14-12-8-7-11(9-13(12)15(16)17)18-10-5-3-2-4-6-10/h2-9,14H,1H3. The molecule has 0 radical (unpaired) electrons. The Balaban J connectivity index is 2.30. The van der Waals surface area contributed by atoms with Crippen LogP contribution in [0.3, 0.4) is 0 Å². The number of hydrogen-bond donors (Lipinski definition) is 1. The van der Waals surface area contributed by atoms with Crippen molar-refractivity contribution in [2.75, 3.05) is 12.4 Å². The number of ether oxygens (including phenoxy) is 1. The Labute approximate surface area is 104 Å². The molecule has 0 amide bonds. The summed E-state index contributed by atoms with van der Waals surface area (Å²) >= 11 is 0. The van der Waals surface area contributed by atoms with Gasteiger partial charge in [-0.15, -0.1) is 0 Å². The second-order valence-electron chi connectivity index (χ2n) is 3.60. The van der Waals surface area contributed by atoms with E-state index in [1.165, 1.54) is 6.07 Å². The average molecular weight is 244 g/mol. The molecule has 0 saturated heterocycles. The zero-order valence-electron chi connectivity index (χ0n) is 9.79. The molecule has 2 aromatic rings. The molecule has 2 rings (SSSR count). The summed E-state index contributed by atoms with van der Waals surface area (Å²) in [5.41, 5.74) is 0.450. The largest absolute Gasteiger partial charge is 0.457 e. The molecule has 1 N–H and O–H groups in total. The Morgan fingerprint density at radius 2 is 1.83 bits per heavy atom. The number of nitrogens with zero attached hydrogens (tertiary/aromatic N) is 1. The molecule has 0 aliphatic rings. The van der Waals surface area contributed by atoms with Gasteiger partial charge in [-0.1, -0.05) is 18.2 Å². The third kappa shape index (κ3) is 2.57. The third-order valence-electron chi connectivity index (χ3n) is 2.41. The van der Waals surface area contributed by atoms with E-state index in [4.69, 9.17) is 4.74 Å². The summed E-state index contributed by atoms with van der Waals surface area (Å²) in [6, 6.07) is 13.8. The van der Waals surface area contributed by atoms with Crippen molar-refractivity contribution < 1.29 is 9.66 Å². The van der Waals surface area contributed by atoms with Gasteiger partial charge in [0.1, 0.15) is 17.2 Å². The van der Waals surface area contributed by atoms with Crippen molar-refractivity contribution in [2.24, 2.45) is 0 Å². The summed E-state index contributed by atoms with van der Waals surface area (Å²) in [7, 11) is 1.64. The highest BCUT2D eigenvalue weighted by molar-refractivity contribution is 5.63. The van der Waals surface area contributed by atoms with Gasteiger partial charge in [0.15, 0.2) is 0 Å². The van der Waals surface area contributed by atoms with E-state index in [0.717, 1.165) is 0 Å². The van der Waals surface area contributed by atoms with Gasteiger partial charge in [-0.3, -0.25) is 10.1 Å². The van der Waals surface area contributed by atoms with Gasteiger partial charge in [0, 0.05) is 7.05 Å². The van der Waals surface area contributed by atoms with Gasteiger partial charge in [0.05, 0.1) is 11.0 Å². The quantitative estimate of drug-likeness (QED) is 0.661. The Bertz CT molecular complexity index is 555. The first-order chi connectivity index (χ1) is 8.70. The minimum absolute atomic E-state index is 0.00840. The summed E-state index contributed by atoms with van der Waals surface area (Å²) in [6.45, 7) is 0. The normalized spacial score (nSPS) is 9.83. The van der Waals surface area contributed by atoms with Crippen LogP contribution in [0.4, 0.5) is 11.4 Å². The highest BCUT2D eigenvalue weighted by atomic mass is 16.6. The molecule has 2 aromatic carbocycles. The van der Waals surface area contributed by atoms with Crippen molar-refractivity contribution in [3.05, 3.63) is 58.6 Å². The first kappa shape index (κ1) is 11.9.